The largest absolute Gasteiger partial charge is 0.279 e. The van der Waals surface area contributed by atoms with Gasteiger partial charge < -0.3 is 0 Å². The summed E-state index contributed by atoms with van der Waals surface area (Å²) in [5.74, 6) is 0. The van der Waals surface area contributed by atoms with E-state index in [2.05, 4.69) is 16.6 Å². The predicted molar refractivity (Wildman–Crippen MR) is 49.5 cm³/mol. The zero-order valence-electron chi connectivity index (χ0n) is 5.95. The lowest BCUT2D eigenvalue weighted by atomic mass is 10.1. The summed E-state index contributed by atoms with van der Waals surface area (Å²) < 4.78 is 0. The fourth-order valence-corrected chi connectivity index (χ4v) is 1.07. The van der Waals surface area contributed by atoms with Gasteiger partial charge in [-0.1, -0.05) is 18.2 Å². The average molecular weight is 169 g/mol. The van der Waals surface area contributed by atoms with Crippen LogP contribution in [0.3, 0.4) is 0 Å². The van der Waals surface area contributed by atoms with Crippen LogP contribution in [0.15, 0.2) is 29.4 Å². The van der Waals surface area contributed by atoms with Gasteiger partial charge in [0.1, 0.15) is 0 Å². The van der Waals surface area contributed by atoms with E-state index < -0.39 is 0 Å². The minimum absolute atomic E-state index is 0. The number of benzene rings is 1. The van der Waals surface area contributed by atoms with Crippen LogP contribution in [0.25, 0.3) is 0 Å². The number of nitrogens with one attached hydrogen (secondary N) is 1. The van der Waals surface area contributed by atoms with Gasteiger partial charge in [0.2, 0.25) is 0 Å². The van der Waals surface area contributed by atoms with Crippen LogP contribution in [0, 0.1) is 0 Å². The number of hydrogen-bond acceptors (Lipinski definition) is 2. The second-order valence-corrected chi connectivity index (χ2v) is 2.28. The Morgan fingerprint density at radius 3 is 2.91 bits per heavy atom. The molecule has 1 heterocycles. The molecule has 0 radical (unpaired) electrons. The van der Waals surface area contributed by atoms with Crippen LogP contribution in [0.1, 0.15) is 5.56 Å². The molecule has 0 saturated heterocycles. The van der Waals surface area contributed by atoms with Crippen LogP contribution in [-0.4, -0.2) is 6.21 Å². The molecule has 0 saturated carbocycles. The topological polar surface area (TPSA) is 24.4 Å². The van der Waals surface area contributed by atoms with Gasteiger partial charge in [-0.25, -0.2) is 0 Å². The van der Waals surface area contributed by atoms with Gasteiger partial charge in [-0.2, -0.15) is 5.10 Å². The van der Waals surface area contributed by atoms with E-state index in [1.807, 2.05) is 24.4 Å². The number of nitrogens with zero attached hydrogens (tertiary/aromatic N) is 1. The van der Waals surface area contributed by atoms with Gasteiger partial charge in [-0.05, 0) is 11.6 Å². The van der Waals surface area contributed by atoms with Crippen LogP contribution in [0.2, 0.25) is 0 Å². The first kappa shape index (κ1) is 8.08. The zero-order chi connectivity index (χ0) is 6.81. The Hall–Kier alpha value is -1.02. The lowest BCUT2D eigenvalue weighted by molar-refractivity contribution is 1.21. The summed E-state index contributed by atoms with van der Waals surface area (Å²) in [4.78, 5) is 0. The molecule has 2 rings (SSSR count). The molecule has 0 fully saturated rings. The standard InChI is InChI=1S/C8H8N2.ClH/c1-2-4-8-7(3-1)5-6-9-10-8;/h1-4,6,10H,5H2;1H. The summed E-state index contributed by atoms with van der Waals surface area (Å²) in [7, 11) is 0. The van der Waals surface area contributed by atoms with Crippen molar-refractivity contribution in [3.63, 3.8) is 0 Å². The molecule has 0 unspecified atom stereocenters. The van der Waals surface area contributed by atoms with E-state index in [1.165, 1.54) is 5.56 Å². The Labute approximate surface area is 71.7 Å². The maximum absolute atomic E-state index is 3.94. The second kappa shape index (κ2) is 3.39. The van der Waals surface area contributed by atoms with E-state index in [-0.39, 0.29) is 12.4 Å². The normalized spacial score (nSPS) is 12.7. The minimum atomic E-state index is 0. The van der Waals surface area contributed by atoms with Crippen molar-refractivity contribution in [2.75, 3.05) is 5.43 Å². The van der Waals surface area contributed by atoms with Crippen LogP contribution >= 0.6 is 12.4 Å². The van der Waals surface area contributed by atoms with Gasteiger partial charge in [-0.3, -0.25) is 5.43 Å². The van der Waals surface area contributed by atoms with Gasteiger partial charge in [-0.15, -0.1) is 12.4 Å². The summed E-state index contributed by atoms with van der Waals surface area (Å²) in [6, 6.07) is 8.19. The summed E-state index contributed by atoms with van der Waals surface area (Å²) in [5, 5.41) is 3.94. The first-order valence-electron chi connectivity index (χ1n) is 3.32. The van der Waals surface area contributed by atoms with Gasteiger partial charge in [0.05, 0.1) is 5.69 Å². The van der Waals surface area contributed by atoms with Gasteiger partial charge in [0.25, 0.3) is 0 Å². The van der Waals surface area contributed by atoms with Crippen molar-refractivity contribution in [3.05, 3.63) is 29.8 Å². The molecule has 3 heteroatoms. The lowest BCUT2D eigenvalue weighted by Crippen LogP contribution is -2.02. The molecule has 0 aliphatic carbocycles. The van der Waals surface area contributed by atoms with Crippen LogP contribution in [0.5, 0.6) is 0 Å². The van der Waals surface area contributed by atoms with E-state index in [9.17, 15) is 0 Å². The quantitative estimate of drug-likeness (QED) is 0.630. The van der Waals surface area contributed by atoms with Crippen molar-refractivity contribution in [2.24, 2.45) is 5.10 Å². The molecular weight excluding hydrogens is 160 g/mol. The maximum Gasteiger partial charge on any atom is 0.0597 e. The van der Waals surface area contributed by atoms with E-state index in [4.69, 9.17) is 0 Å². The fraction of sp³-hybridized carbons (Fsp3) is 0.125. The van der Waals surface area contributed by atoms with Gasteiger partial charge in [0.15, 0.2) is 0 Å². The third-order valence-corrected chi connectivity index (χ3v) is 1.60. The minimum Gasteiger partial charge on any atom is -0.279 e. The molecule has 0 aromatic heterocycles. The highest BCUT2D eigenvalue weighted by molar-refractivity contribution is 5.85. The molecule has 0 bridgehead atoms. The molecule has 58 valence electrons. The lowest BCUT2D eigenvalue weighted by Gasteiger charge is -2.09. The van der Waals surface area contributed by atoms with E-state index in [0.29, 0.717) is 0 Å². The Morgan fingerprint density at radius 1 is 1.27 bits per heavy atom. The summed E-state index contributed by atoms with van der Waals surface area (Å²) >= 11 is 0. The van der Waals surface area contributed by atoms with Crippen molar-refractivity contribution in [3.8, 4) is 0 Å². The zero-order valence-corrected chi connectivity index (χ0v) is 6.77. The molecule has 1 aliphatic rings. The fourth-order valence-electron chi connectivity index (χ4n) is 1.07. The molecule has 0 amide bonds. The highest BCUT2D eigenvalue weighted by Gasteiger charge is 2.01. The van der Waals surface area contributed by atoms with Crippen LogP contribution in [-0.2, 0) is 6.42 Å². The summed E-state index contributed by atoms with van der Waals surface area (Å²) in [6.45, 7) is 0. The molecule has 11 heavy (non-hydrogen) atoms. The summed E-state index contributed by atoms with van der Waals surface area (Å²) in [5.41, 5.74) is 5.38. The number of hydrogen-bond donors (Lipinski definition) is 1. The first-order chi connectivity index (χ1) is 4.97. The van der Waals surface area contributed by atoms with Crippen LogP contribution in [0.4, 0.5) is 5.69 Å². The molecule has 1 N–H and O–H groups in total. The highest BCUT2D eigenvalue weighted by Crippen LogP contribution is 2.16. The molecule has 0 spiro atoms. The number of fused-ring (bicyclic) bond motifs is 1. The Bertz CT molecular complexity index is 244. The Kier molecular flexibility index (Phi) is 2.49. The van der Waals surface area contributed by atoms with Gasteiger partial charge >= 0.3 is 0 Å². The number of para-hydroxylation sites is 1. The summed E-state index contributed by atoms with van der Waals surface area (Å²) in [6.07, 6.45) is 2.82. The number of rotatable bonds is 0. The number of anilines is 1. The van der Waals surface area contributed by atoms with Crippen molar-refractivity contribution in [2.45, 2.75) is 6.42 Å². The predicted octanol–water partition coefficient (Wildman–Crippen LogP) is 2.06. The number of halogens is 1. The van der Waals surface area contributed by atoms with Crippen molar-refractivity contribution in [1.29, 1.82) is 0 Å². The molecular formula is C8H9ClN2. The van der Waals surface area contributed by atoms with E-state index in [1.54, 1.807) is 0 Å². The second-order valence-electron chi connectivity index (χ2n) is 2.28. The van der Waals surface area contributed by atoms with Crippen molar-refractivity contribution < 1.29 is 0 Å². The van der Waals surface area contributed by atoms with E-state index >= 15 is 0 Å². The smallest absolute Gasteiger partial charge is 0.0597 e. The maximum atomic E-state index is 3.94. The molecule has 2 nitrogen and oxygen atoms in total. The highest BCUT2D eigenvalue weighted by atomic mass is 35.5. The van der Waals surface area contributed by atoms with Crippen LogP contribution < -0.4 is 5.43 Å². The monoisotopic (exact) mass is 168 g/mol. The Morgan fingerprint density at radius 2 is 2.09 bits per heavy atom. The van der Waals surface area contributed by atoms with Crippen molar-refractivity contribution >= 4 is 24.3 Å². The molecule has 1 aromatic rings. The SMILES string of the molecule is C1=NNc2ccccc2C1.Cl. The Balaban J connectivity index is 0.000000605. The van der Waals surface area contributed by atoms with Gasteiger partial charge in [0, 0.05) is 12.6 Å². The molecule has 0 atom stereocenters. The van der Waals surface area contributed by atoms with Crippen molar-refractivity contribution in [1.82, 2.24) is 0 Å². The average Bonchev–Trinajstić information content (AvgIpc) is 2.05. The third-order valence-electron chi connectivity index (χ3n) is 1.60. The van der Waals surface area contributed by atoms with E-state index in [0.717, 1.165) is 12.1 Å². The first-order valence-corrected chi connectivity index (χ1v) is 3.32. The third kappa shape index (κ3) is 1.52. The molecule has 1 aromatic carbocycles. The molecule has 1 aliphatic heterocycles. The number of hydrazone groups is 1.